The number of halogens is 4. The summed E-state index contributed by atoms with van der Waals surface area (Å²) in [6, 6.07) is 9.60. The average molecular weight is 523 g/mol. The number of aliphatic imine (C=N–C) groups is 1. The molecule has 0 aromatic heterocycles. The monoisotopic (exact) mass is 523 g/mol. The van der Waals surface area contributed by atoms with E-state index in [1.165, 1.54) is 30.3 Å². The largest absolute Gasteiger partial charge is 0.416 e. The zero-order chi connectivity index (χ0) is 20.5. The lowest BCUT2D eigenvalue weighted by molar-refractivity contribution is -0.138. The maximum atomic E-state index is 13.0. The van der Waals surface area contributed by atoms with Crippen LogP contribution in [0.5, 0.6) is 0 Å². The van der Waals surface area contributed by atoms with Crippen molar-refractivity contribution < 1.29 is 26.4 Å². The number of nitrogens with zero attached hydrogens (tertiary/aromatic N) is 1. The van der Waals surface area contributed by atoms with Crippen molar-refractivity contribution in [3.05, 3.63) is 57.2 Å². The third kappa shape index (κ3) is 4.46. The smallest absolute Gasteiger partial charge is 0.349 e. The van der Waals surface area contributed by atoms with Crippen LogP contribution < -0.4 is 10.0 Å². The zero-order valence-corrected chi connectivity index (χ0v) is 17.0. The number of alkyl halides is 3. The van der Waals surface area contributed by atoms with Crippen LogP contribution >= 0.6 is 22.6 Å². The first kappa shape index (κ1) is 20.6. The van der Waals surface area contributed by atoms with Gasteiger partial charge < -0.3 is 5.32 Å². The maximum Gasteiger partial charge on any atom is 0.416 e. The van der Waals surface area contributed by atoms with Gasteiger partial charge in [-0.25, -0.2) is 13.4 Å². The highest BCUT2D eigenvalue weighted by Gasteiger charge is 2.33. The Balaban J connectivity index is 1.73. The third-order valence-corrected chi connectivity index (χ3v) is 5.93. The van der Waals surface area contributed by atoms with E-state index in [1.54, 1.807) is 6.07 Å². The van der Waals surface area contributed by atoms with Crippen LogP contribution in [0.4, 0.5) is 18.9 Å². The van der Waals surface area contributed by atoms with Crippen molar-refractivity contribution in [2.45, 2.75) is 17.5 Å². The fourth-order valence-corrected chi connectivity index (χ4v) is 4.50. The second-order valence-electron chi connectivity index (χ2n) is 5.84. The van der Waals surface area contributed by atoms with Gasteiger partial charge in [-0.3, -0.25) is 9.52 Å². The Morgan fingerprint density at radius 3 is 2.61 bits per heavy atom. The van der Waals surface area contributed by atoms with E-state index in [0.717, 1.165) is 6.07 Å². The second-order valence-corrected chi connectivity index (χ2v) is 8.74. The fourth-order valence-electron chi connectivity index (χ4n) is 2.63. The van der Waals surface area contributed by atoms with E-state index >= 15 is 0 Å². The van der Waals surface area contributed by atoms with Crippen LogP contribution in [-0.2, 0) is 27.4 Å². The van der Waals surface area contributed by atoms with Crippen molar-refractivity contribution in [3.63, 3.8) is 0 Å². The number of benzene rings is 2. The highest BCUT2D eigenvalue weighted by molar-refractivity contribution is 14.1. The Kier molecular flexibility index (Phi) is 5.66. The van der Waals surface area contributed by atoms with Gasteiger partial charge in [-0.1, -0.05) is 18.2 Å². The van der Waals surface area contributed by atoms with E-state index in [1.807, 2.05) is 22.6 Å². The second kappa shape index (κ2) is 7.70. The molecule has 28 heavy (non-hydrogen) atoms. The molecule has 0 spiro atoms. The Morgan fingerprint density at radius 2 is 1.89 bits per heavy atom. The molecule has 2 aromatic carbocycles. The molecule has 0 bridgehead atoms. The molecule has 1 heterocycles. The van der Waals surface area contributed by atoms with Gasteiger partial charge in [0.1, 0.15) is 4.90 Å². The van der Waals surface area contributed by atoms with Crippen LogP contribution in [0, 0.1) is 3.57 Å². The summed E-state index contributed by atoms with van der Waals surface area (Å²) < 4.78 is 66.3. The van der Waals surface area contributed by atoms with Gasteiger partial charge in [-0.05, 0) is 58.8 Å². The number of nitrogens with one attached hydrogen (secondary N) is 2. The highest BCUT2D eigenvalue weighted by atomic mass is 127. The molecule has 1 aliphatic heterocycles. The number of hydrogen-bond acceptors (Lipinski definition) is 4. The number of carbonyl (C=O) groups is 1. The van der Waals surface area contributed by atoms with Gasteiger partial charge in [-0.2, -0.15) is 13.2 Å². The number of hydrogen-bond donors (Lipinski definition) is 2. The van der Waals surface area contributed by atoms with Gasteiger partial charge in [-0.15, -0.1) is 0 Å². The SMILES string of the molecule is O=C(NCCc1ccccc1C(F)(F)F)C1=Nc2ccc(I)cc2S(=O)(=O)N1. The Hall–Kier alpha value is -2.15. The van der Waals surface area contributed by atoms with E-state index in [2.05, 4.69) is 15.0 Å². The minimum Gasteiger partial charge on any atom is -0.349 e. The molecule has 0 atom stereocenters. The van der Waals surface area contributed by atoms with Crippen molar-refractivity contribution in [3.8, 4) is 0 Å². The number of amides is 1. The summed E-state index contributed by atoms with van der Waals surface area (Å²) in [5, 5.41) is 2.39. The third-order valence-electron chi connectivity index (χ3n) is 3.89. The van der Waals surface area contributed by atoms with Gasteiger partial charge >= 0.3 is 6.18 Å². The molecule has 0 saturated heterocycles. The number of carbonyl (C=O) groups excluding carboxylic acids is 1. The summed E-state index contributed by atoms with van der Waals surface area (Å²) in [6.45, 7) is -0.119. The lowest BCUT2D eigenvalue weighted by atomic mass is 10.0. The van der Waals surface area contributed by atoms with Crippen LogP contribution in [0.15, 0.2) is 52.4 Å². The lowest BCUT2D eigenvalue weighted by Gasteiger charge is -2.18. The molecule has 2 aromatic rings. The van der Waals surface area contributed by atoms with Gasteiger partial charge in [0.15, 0.2) is 0 Å². The predicted molar refractivity (Wildman–Crippen MR) is 105 cm³/mol. The van der Waals surface area contributed by atoms with Crippen molar-refractivity contribution in [1.29, 1.82) is 0 Å². The van der Waals surface area contributed by atoms with Crippen molar-refractivity contribution >= 4 is 50.0 Å². The molecule has 0 unspecified atom stereocenters. The fraction of sp³-hybridized carbons (Fsp3) is 0.176. The molecule has 1 aliphatic rings. The van der Waals surface area contributed by atoms with E-state index in [0.29, 0.717) is 3.57 Å². The van der Waals surface area contributed by atoms with Crippen LogP contribution in [0.1, 0.15) is 11.1 Å². The molecule has 3 rings (SSSR count). The number of sulfonamides is 1. The van der Waals surface area contributed by atoms with Gasteiger partial charge in [0.25, 0.3) is 15.9 Å². The summed E-state index contributed by atoms with van der Waals surface area (Å²) in [6.07, 6.45) is -4.57. The van der Waals surface area contributed by atoms with Crippen molar-refractivity contribution in [1.82, 2.24) is 10.0 Å². The van der Waals surface area contributed by atoms with E-state index in [-0.39, 0.29) is 29.1 Å². The molecule has 2 N–H and O–H groups in total. The minimum absolute atomic E-state index is 0.0291. The molecule has 0 fully saturated rings. The molecule has 6 nitrogen and oxygen atoms in total. The first-order valence-electron chi connectivity index (χ1n) is 7.92. The summed E-state index contributed by atoms with van der Waals surface area (Å²) in [5.74, 6) is -1.25. The molecular formula is C17H13F3IN3O3S. The predicted octanol–water partition coefficient (Wildman–Crippen LogP) is 2.99. The van der Waals surface area contributed by atoms with Gasteiger partial charge in [0.05, 0.1) is 11.3 Å². The van der Waals surface area contributed by atoms with E-state index < -0.39 is 33.5 Å². The summed E-state index contributed by atoms with van der Waals surface area (Å²) in [7, 11) is -3.96. The molecule has 0 radical (unpaired) electrons. The summed E-state index contributed by atoms with van der Waals surface area (Å²) in [4.78, 5) is 16.2. The molecule has 0 aliphatic carbocycles. The molecule has 11 heteroatoms. The van der Waals surface area contributed by atoms with Crippen molar-refractivity contribution in [2.24, 2.45) is 4.99 Å². The Labute approximate surface area is 172 Å². The van der Waals surface area contributed by atoms with Gasteiger partial charge in [0.2, 0.25) is 5.84 Å². The lowest BCUT2D eigenvalue weighted by Crippen LogP contribution is -2.44. The summed E-state index contributed by atoms with van der Waals surface area (Å²) >= 11 is 1.95. The first-order chi connectivity index (χ1) is 13.1. The molecule has 148 valence electrons. The van der Waals surface area contributed by atoms with Crippen molar-refractivity contribution in [2.75, 3.05) is 6.54 Å². The number of amidine groups is 1. The molecule has 1 amide bonds. The average Bonchev–Trinajstić information content (AvgIpc) is 2.61. The standard InChI is InChI=1S/C17H13F3IN3O3S/c18-17(19,20)12-4-2-1-3-10(12)7-8-22-16(25)15-23-13-6-5-11(21)9-14(13)28(26,27)24-15/h1-6,9H,7-8H2,(H,22,25)(H,23,24). The van der Waals surface area contributed by atoms with Crippen LogP contribution in [-0.4, -0.2) is 26.7 Å². The Bertz CT molecular complexity index is 1070. The topological polar surface area (TPSA) is 87.6 Å². The molecule has 0 saturated carbocycles. The number of rotatable bonds is 4. The van der Waals surface area contributed by atoms with Crippen LogP contribution in [0.2, 0.25) is 0 Å². The molecular weight excluding hydrogens is 510 g/mol. The maximum absolute atomic E-state index is 13.0. The minimum atomic E-state index is -4.50. The first-order valence-corrected chi connectivity index (χ1v) is 10.5. The van der Waals surface area contributed by atoms with Crippen LogP contribution in [0.3, 0.4) is 0 Å². The van der Waals surface area contributed by atoms with E-state index in [4.69, 9.17) is 0 Å². The zero-order valence-electron chi connectivity index (χ0n) is 14.0. The quantitative estimate of drug-likeness (QED) is 0.605. The number of fused-ring (bicyclic) bond motifs is 1. The highest BCUT2D eigenvalue weighted by Crippen LogP contribution is 2.32. The van der Waals surface area contributed by atoms with E-state index in [9.17, 15) is 26.4 Å². The van der Waals surface area contributed by atoms with Gasteiger partial charge in [0, 0.05) is 10.1 Å². The normalized spacial score (nSPS) is 15.2. The summed E-state index contributed by atoms with van der Waals surface area (Å²) in [5.41, 5.74) is -0.628. The van der Waals surface area contributed by atoms with Crippen LogP contribution in [0.25, 0.3) is 0 Å². The Morgan fingerprint density at radius 1 is 1.18 bits per heavy atom.